The number of likely N-dealkylation sites (tertiary alicyclic amines) is 1. The summed E-state index contributed by atoms with van der Waals surface area (Å²) < 4.78 is 0. The lowest BCUT2D eigenvalue weighted by molar-refractivity contribution is -0.385. The predicted octanol–water partition coefficient (Wildman–Crippen LogP) is 2.58. The van der Waals surface area contributed by atoms with Crippen LogP contribution >= 0.6 is 0 Å². The van der Waals surface area contributed by atoms with E-state index in [1.165, 1.54) is 11.6 Å². The van der Waals surface area contributed by atoms with E-state index in [4.69, 9.17) is 5.73 Å². The third-order valence-corrected chi connectivity index (χ3v) is 5.14. The average Bonchev–Trinajstić information content (AvgIpc) is 2.69. The molecule has 1 saturated heterocycles. The molecule has 0 saturated carbocycles. The van der Waals surface area contributed by atoms with E-state index in [-0.39, 0.29) is 22.4 Å². The Labute approximate surface area is 164 Å². The number of hydrogen-bond donors (Lipinski definition) is 2. The highest BCUT2D eigenvalue weighted by molar-refractivity contribution is 5.76. The summed E-state index contributed by atoms with van der Waals surface area (Å²) in [5.41, 5.74) is 8.59. The van der Waals surface area contributed by atoms with Crippen molar-refractivity contribution in [2.75, 3.05) is 13.1 Å². The topological polar surface area (TPSA) is 102 Å². The zero-order valence-corrected chi connectivity index (χ0v) is 15.8. The molecule has 3 rings (SSSR count). The van der Waals surface area contributed by atoms with Crippen molar-refractivity contribution in [3.05, 3.63) is 75.3 Å². The highest BCUT2D eigenvalue weighted by Gasteiger charge is 2.23. The summed E-state index contributed by atoms with van der Waals surface area (Å²) in [5, 5.41) is 14.4. The number of amides is 1. The van der Waals surface area contributed by atoms with Crippen molar-refractivity contribution in [2.24, 2.45) is 11.7 Å². The van der Waals surface area contributed by atoms with E-state index in [9.17, 15) is 14.9 Å². The molecule has 1 heterocycles. The number of nitro benzene ring substituents is 1. The molecular weight excluding hydrogens is 356 g/mol. The second-order valence-electron chi connectivity index (χ2n) is 7.29. The van der Waals surface area contributed by atoms with Gasteiger partial charge in [0.2, 0.25) is 5.91 Å². The maximum absolute atomic E-state index is 11.5. The lowest BCUT2D eigenvalue weighted by atomic mass is 9.97. The number of para-hydroxylation sites is 1. The number of rotatable bonds is 8. The van der Waals surface area contributed by atoms with Gasteiger partial charge in [0.15, 0.2) is 0 Å². The van der Waals surface area contributed by atoms with Crippen LogP contribution in [0.25, 0.3) is 0 Å². The molecule has 0 radical (unpaired) electrons. The average molecular weight is 382 g/mol. The van der Waals surface area contributed by atoms with Crippen LogP contribution < -0.4 is 11.1 Å². The molecule has 1 unspecified atom stereocenters. The van der Waals surface area contributed by atoms with Gasteiger partial charge >= 0.3 is 0 Å². The molecule has 2 aromatic carbocycles. The first kappa shape index (κ1) is 20.0. The van der Waals surface area contributed by atoms with Gasteiger partial charge in [-0.1, -0.05) is 42.5 Å². The molecule has 148 valence electrons. The summed E-state index contributed by atoms with van der Waals surface area (Å²) in [6.07, 6.45) is 1.87. The smallest absolute Gasteiger partial charge is 0.273 e. The normalized spacial score (nSPS) is 17.4. The van der Waals surface area contributed by atoms with Crippen LogP contribution in [0.2, 0.25) is 0 Å². The molecule has 28 heavy (non-hydrogen) atoms. The van der Waals surface area contributed by atoms with Crippen LogP contribution in [-0.4, -0.2) is 28.8 Å². The standard InChI is InChI=1S/C21H26N4O3/c22-21(26)19-8-4-10-24(15-19)14-17-6-3-5-16(11-17)12-23-13-18-7-1-2-9-20(18)25(27)28/h1-3,5-7,9,11,19,23H,4,8,10,12-15H2,(H2,22,26). The van der Waals surface area contributed by atoms with E-state index in [2.05, 4.69) is 22.3 Å². The first-order valence-electron chi connectivity index (χ1n) is 9.55. The fourth-order valence-electron chi connectivity index (χ4n) is 3.71. The minimum absolute atomic E-state index is 0.0553. The molecule has 1 aliphatic rings. The van der Waals surface area contributed by atoms with Crippen molar-refractivity contribution in [3.63, 3.8) is 0 Å². The molecule has 1 aliphatic heterocycles. The Morgan fingerprint density at radius 3 is 2.75 bits per heavy atom. The molecular formula is C21H26N4O3. The Bertz CT molecular complexity index is 840. The molecule has 1 fully saturated rings. The van der Waals surface area contributed by atoms with Crippen LogP contribution in [0.5, 0.6) is 0 Å². The van der Waals surface area contributed by atoms with Gasteiger partial charge in [0.1, 0.15) is 0 Å². The molecule has 1 atom stereocenters. The Morgan fingerprint density at radius 2 is 1.96 bits per heavy atom. The molecule has 3 N–H and O–H groups in total. The summed E-state index contributed by atoms with van der Waals surface area (Å²) in [6, 6.07) is 15.1. The molecule has 7 nitrogen and oxygen atoms in total. The molecule has 0 aliphatic carbocycles. The van der Waals surface area contributed by atoms with Crippen molar-refractivity contribution < 1.29 is 9.72 Å². The van der Waals surface area contributed by atoms with Gasteiger partial charge in [-0.15, -0.1) is 0 Å². The minimum Gasteiger partial charge on any atom is -0.369 e. The highest BCUT2D eigenvalue weighted by atomic mass is 16.6. The number of primary amides is 1. The van der Waals surface area contributed by atoms with Crippen molar-refractivity contribution in [3.8, 4) is 0 Å². The van der Waals surface area contributed by atoms with Gasteiger partial charge in [0.05, 0.1) is 10.8 Å². The quantitative estimate of drug-likeness (QED) is 0.540. The fourth-order valence-corrected chi connectivity index (χ4v) is 3.71. The van der Waals surface area contributed by atoms with E-state index in [0.29, 0.717) is 18.7 Å². The van der Waals surface area contributed by atoms with E-state index in [1.807, 2.05) is 18.2 Å². The third kappa shape index (κ3) is 5.37. The van der Waals surface area contributed by atoms with Crippen LogP contribution in [0.1, 0.15) is 29.5 Å². The van der Waals surface area contributed by atoms with Crippen LogP contribution in [0.3, 0.4) is 0 Å². The van der Waals surface area contributed by atoms with Crippen LogP contribution in [0.4, 0.5) is 5.69 Å². The second kappa shape index (κ2) is 9.43. The SMILES string of the molecule is NC(=O)C1CCCN(Cc2cccc(CNCc3ccccc3[N+](=O)[O-])c2)C1. The second-order valence-corrected chi connectivity index (χ2v) is 7.29. The van der Waals surface area contributed by atoms with E-state index >= 15 is 0 Å². The van der Waals surface area contributed by atoms with Crippen LogP contribution in [0, 0.1) is 16.0 Å². The number of benzene rings is 2. The van der Waals surface area contributed by atoms with Crippen molar-refractivity contribution >= 4 is 11.6 Å². The molecule has 0 bridgehead atoms. The lowest BCUT2D eigenvalue weighted by Crippen LogP contribution is -2.40. The molecule has 1 amide bonds. The Hall–Kier alpha value is -2.77. The Kier molecular flexibility index (Phi) is 6.73. The number of nitrogens with two attached hydrogens (primary N) is 1. The number of hydrogen-bond acceptors (Lipinski definition) is 5. The lowest BCUT2D eigenvalue weighted by Gasteiger charge is -2.31. The summed E-state index contributed by atoms with van der Waals surface area (Å²) in [7, 11) is 0. The zero-order chi connectivity index (χ0) is 19.9. The summed E-state index contributed by atoms with van der Waals surface area (Å²) in [4.78, 5) is 24.5. The number of nitrogens with zero attached hydrogens (tertiary/aromatic N) is 2. The predicted molar refractivity (Wildman–Crippen MR) is 107 cm³/mol. The summed E-state index contributed by atoms with van der Waals surface area (Å²) in [6.45, 7) is 3.55. The number of nitrogens with one attached hydrogen (secondary N) is 1. The number of carbonyl (C=O) groups excluding carboxylic acids is 1. The fraction of sp³-hybridized carbons (Fsp3) is 0.381. The van der Waals surface area contributed by atoms with E-state index in [0.717, 1.165) is 38.0 Å². The first-order chi connectivity index (χ1) is 13.5. The van der Waals surface area contributed by atoms with Gasteiger partial charge in [0, 0.05) is 37.8 Å². The van der Waals surface area contributed by atoms with Gasteiger partial charge in [-0.05, 0) is 30.5 Å². The summed E-state index contributed by atoms with van der Waals surface area (Å²) in [5.74, 6) is -0.266. The minimum atomic E-state index is -0.352. The van der Waals surface area contributed by atoms with Gasteiger partial charge in [-0.25, -0.2) is 0 Å². The van der Waals surface area contributed by atoms with Gasteiger partial charge < -0.3 is 11.1 Å². The van der Waals surface area contributed by atoms with E-state index in [1.54, 1.807) is 12.1 Å². The highest BCUT2D eigenvalue weighted by Crippen LogP contribution is 2.19. The van der Waals surface area contributed by atoms with Gasteiger partial charge in [-0.3, -0.25) is 19.8 Å². The molecule has 7 heteroatoms. The van der Waals surface area contributed by atoms with Gasteiger partial charge in [-0.2, -0.15) is 0 Å². The molecule has 2 aromatic rings. The maximum Gasteiger partial charge on any atom is 0.273 e. The zero-order valence-electron chi connectivity index (χ0n) is 15.8. The number of carbonyl (C=O) groups is 1. The monoisotopic (exact) mass is 382 g/mol. The van der Waals surface area contributed by atoms with E-state index < -0.39 is 0 Å². The van der Waals surface area contributed by atoms with Crippen molar-refractivity contribution in [1.29, 1.82) is 0 Å². The number of piperidine rings is 1. The Morgan fingerprint density at radius 1 is 1.18 bits per heavy atom. The van der Waals surface area contributed by atoms with Crippen molar-refractivity contribution in [2.45, 2.75) is 32.5 Å². The third-order valence-electron chi connectivity index (χ3n) is 5.14. The molecule has 0 aromatic heterocycles. The van der Waals surface area contributed by atoms with Crippen LogP contribution in [0.15, 0.2) is 48.5 Å². The number of nitro groups is 1. The van der Waals surface area contributed by atoms with Gasteiger partial charge in [0.25, 0.3) is 5.69 Å². The first-order valence-corrected chi connectivity index (χ1v) is 9.55. The Balaban J connectivity index is 1.55. The van der Waals surface area contributed by atoms with Crippen molar-refractivity contribution in [1.82, 2.24) is 10.2 Å². The largest absolute Gasteiger partial charge is 0.369 e. The summed E-state index contributed by atoms with van der Waals surface area (Å²) >= 11 is 0. The molecule has 0 spiro atoms. The maximum atomic E-state index is 11.5. The van der Waals surface area contributed by atoms with Crippen LogP contribution in [-0.2, 0) is 24.4 Å².